The summed E-state index contributed by atoms with van der Waals surface area (Å²) in [5.41, 5.74) is 2.95. The third-order valence-corrected chi connectivity index (χ3v) is 5.96. The molecule has 0 aromatic heterocycles. The fourth-order valence-electron chi connectivity index (χ4n) is 3.04. The van der Waals surface area contributed by atoms with Crippen LogP contribution in [0, 0.1) is 20.8 Å². The molecule has 0 spiro atoms. The predicted octanol–water partition coefficient (Wildman–Crippen LogP) is 1.23. The van der Waals surface area contributed by atoms with E-state index in [2.05, 4.69) is 5.32 Å². The van der Waals surface area contributed by atoms with Crippen LogP contribution in [0.15, 0.2) is 12.1 Å². The second-order valence-corrected chi connectivity index (χ2v) is 8.99. The molecule has 7 nitrogen and oxygen atoms in total. The molecule has 144 valence electrons. The van der Waals surface area contributed by atoms with Crippen LogP contribution in [0.3, 0.4) is 0 Å². The molecule has 1 N–H and O–H groups in total. The molecule has 0 radical (unpaired) electrons. The summed E-state index contributed by atoms with van der Waals surface area (Å²) in [5, 5.41) is 2.60. The maximum Gasteiger partial charge on any atom is 0.344 e. The van der Waals surface area contributed by atoms with Gasteiger partial charge in [-0.25, -0.2) is 13.2 Å². The van der Waals surface area contributed by atoms with Crippen LogP contribution in [0.4, 0.5) is 0 Å². The Balaban J connectivity index is 1.83. The topological polar surface area (TPSA) is 98.8 Å². The third kappa shape index (κ3) is 5.45. The molecule has 1 aromatic carbocycles. The summed E-state index contributed by atoms with van der Waals surface area (Å²) in [6.45, 7) is 6.91. The van der Waals surface area contributed by atoms with Gasteiger partial charge in [-0.05, 0) is 45.2 Å². The third-order valence-electron chi connectivity index (χ3n) is 4.20. The van der Waals surface area contributed by atoms with Crippen molar-refractivity contribution in [1.29, 1.82) is 0 Å². The highest BCUT2D eigenvalue weighted by molar-refractivity contribution is 7.91. The lowest BCUT2D eigenvalue weighted by atomic mass is 10.1. The number of nitrogens with one attached hydrogen (secondary N) is 1. The average Bonchev–Trinajstić information content (AvgIpc) is 2.84. The van der Waals surface area contributed by atoms with Crippen molar-refractivity contribution in [1.82, 2.24) is 5.32 Å². The first-order valence-corrected chi connectivity index (χ1v) is 10.3. The number of hydrogen-bond donors (Lipinski definition) is 1. The van der Waals surface area contributed by atoms with Gasteiger partial charge in [0, 0.05) is 6.04 Å². The number of ether oxygens (including phenoxy) is 2. The highest BCUT2D eigenvalue weighted by Crippen LogP contribution is 2.24. The first kappa shape index (κ1) is 20.2. The number of sulfone groups is 1. The Labute approximate surface area is 154 Å². The molecule has 26 heavy (non-hydrogen) atoms. The van der Waals surface area contributed by atoms with E-state index >= 15 is 0 Å². The highest BCUT2D eigenvalue weighted by Gasteiger charge is 2.30. The molecule has 0 aliphatic carbocycles. The van der Waals surface area contributed by atoms with Gasteiger partial charge in [-0.3, -0.25) is 4.79 Å². The lowest BCUT2D eigenvalue weighted by Gasteiger charge is -2.17. The van der Waals surface area contributed by atoms with Gasteiger partial charge in [-0.1, -0.05) is 17.7 Å². The number of rotatable bonds is 6. The van der Waals surface area contributed by atoms with Crippen molar-refractivity contribution in [3.8, 4) is 5.75 Å². The quantitative estimate of drug-likeness (QED) is 0.742. The Morgan fingerprint density at radius 2 is 1.85 bits per heavy atom. The van der Waals surface area contributed by atoms with Crippen LogP contribution in [-0.2, 0) is 24.2 Å². The van der Waals surface area contributed by atoms with Crippen LogP contribution in [-0.4, -0.2) is 50.6 Å². The maximum atomic E-state index is 12.0. The maximum absolute atomic E-state index is 12.0. The predicted molar refractivity (Wildman–Crippen MR) is 96.9 cm³/mol. The average molecular weight is 383 g/mol. The summed E-state index contributed by atoms with van der Waals surface area (Å²) < 4.78 is 33.4. The molecule has 2 atom stereocenters. The molecule has 0 bridgehead atoms. The van der Waals surface area contributed by atoms with Gasteiger partial charge < -0.3 is 14.8 Å². The van der Waals surface area contributed by atoms with E-state index in [1.807, 2.05) is 32.9 Å². The normalized spacial score (nSPS) is 19.6. The summed E-state index contributed by atoms with van der Waals surface area (Å²) >= 11 is 0. The summed E-state index contributed by atoms with van der Waals surface area (Å²) in [4.78, 5) is 24.0. The van der Waals surface area contributed by atoms with Crippen molar-refractivity contribution in [2.45, 2.75) is 46.3 Å². The molecule has 1 aliphatic heterocycles. The molecule has 1 fully saturated rings. The number of carbonyl (C=O) groups is 2. The zero-order valence-electron chi connectivity index (χ0n) is 15.5. The van der Waals surface area contributed by atoms with E-state index in [4.69, 9.17) is 9.47 Å². The van der Waals surface area contributed by atoms with E-state index < -0.39 is 33.9 Å². The Bertz CT molecular complexity index is 779. The molecule has 2 rings (SSSR count). The SMILES string of the molecule is Cc1cc(C)c(OCC(=O)O[C@H](C)C(=O)N[C@H]2CCS(=O)(=O)C2)c(C)c1. The minimum atomic E-state index is -3.08. The van der Waals surface area contributed by atoms with E-state index in [1.165, 1.54) is 6.92 Å². The van der Waals surface area contributed by atoms with Crippen LogP contribution < -0.4 is 10.1 Å². The molecule has 1 amide bonds. The van der Waals surface area contributed by atoms with E-state index in [0.717, 1.165) is 16.7 Å². The second kappa shape index (κ2) is 8.07. The van der Waals surface area contributed by atoms with Gasteiger partial charge in [0.05, 0.1) is 11.5 Å². The summed E-state index contributed by atoms with van der Waals surface area (Å²) in [7, 11) is -3.08. The first-order valence-electron chi connectivity index (χ1n) is 8.48. The van der Waals surface area contributed by atoms with Crippen LogP contribution in [0.5, 0.6) is 5.75 Å². The largest absolute Gasteiger partial charge is 0.481 e. The lowest BCUT2D eigenvalue weighted by Crippen LogP contribution is -2.43. The highest BCUT2D eigenvalue weighted by atomic mass is 32.2. The van der Waals surface area contributed by atoms with Gasteiger partial charge in [0.1, 0.15) is 5.75 Å². The Kier molecular flexibility index (Phi) is 6.28. The minimum absolute atomic E-state index is 0.0647. The van der Waals surface area contributed by atoms with E-state index in [1.54, 1.807) is 0 Å². The van der Waals surface area contributed by atoms with Crippen molar-refractivity contribution in [3.05, 3.63) is 28.8 Å². The molecule has 1 heterocycles. The van der Waals surface area contributed by atoms with Gasteiger partial charge in [0.15, 0.2) is 22.5 Å². The molecule has 1 aromatic rings. The molecular weight excluding hydrogens is 358 g/mol. The molecule has 8 heteroatoms. The van der Waals surface area contributed by atoms with Crippen LogP contribution in [0.2, 0.25) is 0 Å². The zero-order chi connectivity index (χ0) is 19.5. The van der Waals surface area contributed by atoms with Gasteiger partial charge in [0.25, 0.3) is 5.91 Å². The summed E-state index contributed by atoms with van der Waals surface area (Å²) in [5.74, 6) is -0.556. The zero-order valence-corrected chi connectivity index (χ0v) is 16.3. The van der Waals surface area contributed by atoms with Crippen LogP contribution in [0.25, 0.3) is 0 Å². The number of amides is 1. The Hall–Kier alpha value is -2.09. The van der Waals surface area contributed by atoms with E-state index in [9.17, 15) is 18.0 Å². The molecule has 0 saturated carbocycles. The van der Waals surface area contributed by atoms with Crippen molar-refractivity contribution < 1.29 is 27.5 Å². The summed E-state index contributed by atoms with van der Waals surface area (Å²) in [6.07, 6.45) is -0.640. The Morgan fingerprint density at radius 1 is 1.23 bits per heavy atom. The number of benzene rings is 1. The van der Waals surface area contributed by atoms with Gasteiger partial charge in [-0.15, -0.1) is 0 Å². The minimum Gasteiger partial charge on any atom is -0.481 e. The molecule has 1 aliphatic rings. The number of hydrogen-bond acceptors (Lipinski definition) is 6. The fraction of sp³-hybridized carbons (Fsp3) is 0.556. The first-order chi connectivity index (χ1) is 12.1. The summed E-state index contributed by atoms with van der Waals surface area (Å²) in [6, 6.07) is 3.49. The molecule has 0 unspecified atom stereocenters. The monoisotopic (exact) mass is 383 g/mol. The van der Waals surface area contributed by atoms with Gasteiger partial charge in [-0.2, -0.15) is 0 Å². The van der Waals surface area contributed by atoms with Crippen molar-refractivity contribution in [3.63, 3.8) is 0 Å². The van der Waals surface area contributed by atoms with Crippen molar-refractivity contribution in [2.75, 3.05) is 18.1 Å². The molecule has 1 saturated heterocycles. The van der Waals surface area contributed by atoms with E-state index in [0.29, 0.717) is 12.2 Å². The van der Waals surface area contributed by atoms with E-state index in [-0.39, 0.29) is 18.1 Å². The smallest absolute Gasteiger partial charge is 0.344 e. The van der Waals surface area contributed by atoms with Crippen molar-refractivity contribution >= 4 is 21.7 Å². The standard InChI is InChI=1S/C18H25NO6S/c1-11-7-12(2)17(13(3)8-11)24-9-16(20)25-14(4)18(21)19-15-5-6-26(22,23)10-15/h7-8,14-15H,5-6,9-10H2,1-4H3,(H,19,21)/t14-,15+/m1/s1. The number of aryl methyl sites for hydroxylation is 3. The van der Waals surface area contributed by atoms with Gasteiger partial charge in [0.2, 0.25) is 0 Å². The Morgan fingerprint density at radius 3 is 2.38 bits per heavy atom. The van der Waals surface area contributed by atoms with Gasteiger partial charge >= 0.3 is 5.97 Å². The number of carbonyl (C=O) groups excluding carboxylic acids is 2. The number of esters is 1. The lowest BCUT2D eigenvalue weighted by molar-refractivity contribution is -0.156. The fourth-order valence-corrected chi connectivity index (χ4v) is 4.71. The molecular formula is C18H25NO6S. The second-order valence-electron chi connectivity index (χ2n) is 6.76. The van der Waals surface area contributed by atoms with Crippen LogP contribution >= 0.6 is 0 Å². The van der Waals surface area contributed by atoms with Crippen molar-refractivity contribution in [2.24, 2.45) is 0 Å². The van der Waals surface area contributed by atoms with Crippen LogP contribution in [0.1, 0.15) is 30.0 Å².